The van der Waals surface area contributed by atoms with E-state index in [1.165, 1.54) is 11.8 Å². The molecule has 4 heterocycles. The molecule has 0 unspecified atom stereocenters. The Morgan fingerprint density at radius 1 is 1.07 bits per heavy atom. The van der Waals surface area contributed by atoms with Crippen LogP contribution in [-0.4, -0.2) is 46.4 Å². The van der Waals surface area contributed by atoms with Gasteiger partial charge in [-0.15, -0.1) is 0 Å². The highest BCUT2D eigenvalue weighted by Crippen LogP contribution is 2.35. The van der Waals surface area contributed by atoms with E-state index in [4.69, 9.17) is 9.40 Å². The fourth-order valence-electron chi connectivity index (χ4n) is 5.29. The van der Waals surface area contributed by atoms with Crippen LogP contribution in [0.5, 0.6) is 0 Å². The van der Waals surface area contributed by atoms with Gasteiger partial charge in [0.15, 0.2) is 11.4 Å². The molecule has 1 saturated heterocycles. The Hall–Kier alpha value is -3.61. The molecule has 0 radical (unpaired) electrons. The molecule has 2 aliphatic rings. The Kier molecular flexibility index (Phi) is 7.39. The second kappa shape index (κ2) is 11.0. The number of nitrogens with zero attached hydrogens (tertiary/aromatic N) is 5. The standard InChI is InChI=1S/C29H32N6O4S2/c1-4-34-25(32-27-26(34)20(3)30-28(36)35(27)17-21-10-8-19(2)9-11-21)18-40-29-31-23-16-22(12-13-24(23)39-29)41(37,38)33-14-6-5-7-15-33/h8-13,16H,3-7,14-15,17-18H2,1-2H3,(H,30,36). The molecule has 214 valence electrons. The van der Waals surface area contributed by atoms with E-state index in [2.05, 4.69) is 16.9 Å². The maximum Gasteiger partial charge on any atom is 0.327 e. The van der Waals surface area contributed by atoms with E-state index in [1.807, 2.05) is 42.7 Å². The van der Waals surface area contributed by atoms with E-state index in [0.29, 0.717) is 59.8 Å². The smallest absolute Gasteiger partial charge is 0.327 e. The van der Waals surface area contributed by atoms with Gasteiger partial charge in [0.2, 0.25) is 10.0 Å². The van der Waals surface area contributed by atoms with Crippen LogP contribution in [0.15, 0.2) is 63.6 Å². The lowest BCUT2D eigenvalue weighted by atomic mass is 10.1. The van der Waals surface area contributed by atoms with Crippen molar-refractivity contribution >= 4 is 50.4 Å². The first kappa shape index (κ1) is 27.6. The number of nitrogens with one attached hydrogen (secondary N) is 1. The minimum Gasteiger partial charge on any atom is -0.431 e. The number of sulfonamides is 1. The highest BCUT2D eigenvalue weighted by atomic mass is 32.2. The lowest BCUT2D eigenvalue weighted by Gasteiger charge is -2.28. The van der Waals surface area contributed by atoms with Crippen molar-refractivity contribution in [2.75, 3.05) is 18.0 Å². The lowest BCUT2D eigenvalue weighted by Crippen LogP contribution is -2.43. The first-order chi connectivity index (χ1) is 19.7. The van der Waals surface area contributed by atoms with Gasteiger partial charge in [-0.1, -0.05) is 54.6 Å². The van der Waals surface area contributed by atoms with Crippen molar-refractivity contribution in [3.8, 4) is 0 Å². The maximum atomic E-state index is 13.1. The summed E-state index contributed by atoms with van der Waals surface area (Å²) in [5.41, 5.74) is 4.46. The molecule has 0 atom stereocenters. The molecule has 2 aromatic heterocycles. The maximum absolute atomic E-state index is 13.1. The third kappa shape index (κ3) is 5.27. The highest BCUT2D eigenvalue weighted by Gasteiger charge is 2.33. The highest BCUT2D eigenvalue weighted by molar-refractivity contribution is 7.98. The van der Waals surface area contributed by atoms with Crippen molar-refractivity contribution in [1.29, 1.82) is 0 Å². The summed E-state index contributed by atoms with van der Waals surface area (Å²) in [6.45, 7) is 10.2. The number of piperidine rings is 1. The molecule has 41 heavy (non-hydrogen) atoms. The summed E-state index contributed by atoms with van der Waals surface area (Å²) in [5, 5.41) is 3.30. The van der Waals surface area contributed by atoms with Gasteiger partial charge in [0.05, 0.1) is 22.9 Å². The first-order valence-corrected chi connectivity index (χ1v) is 16.1. The molecule has 2 aromatic carbocycles. The van der Waals surface area contributed by atoms with Crippen LogP contribution in [0.25, 0.3) is 16.8 Å². The minimum absolute atomic E-state index is 0.232. The Bertz CT molecular complexity index is 1740. The van der Waals surface area contributed by atoms with Gasteiger partial charge in [-0.3, -0.25) is 4.90 Å². The quantitative estimate of drug-likeness (QED) is 0.268. The molecule has 1 fully saturated rings. The van der Waals surface area contributed by atoms with Crippen LogP contribution in [0, 0.1) is 6.92 Å². The fraction of sp³-hybridized carbons (Fsp3) is 0.345. The number of thioether (sulfide) groups is 1. The topological polar surface area (TPSA) is 114 Å². The van der Waals surface area contributed by atoms with Crippen molar-refractivity contribution in [1.82, 2.24) is 24.2 Å². The van der Waals surface area contributed by atoms with Crippen LogP contribution in [-0.2, 0) is 28.9 Å². The molecule has 2 aliphatic heterocycles. The predicted molar refractivity (Wildman–Crippen MR) is 159 cm³/mol. The van der Waals surface area contributed by atoms with Gasteiger partial charge < -0.3 is 14.3 Å². The number of carbonyl (C=O) groups is 1. The number of rotatable bonds is 8. The number of oxazole rings is 1. The number of fused-ring (bicyclic) bond motifs is 2. The van der Waals surface area contributed by atoms with Gasteiger partial charge >= 0.3 is 6.03 Å². The summed E-state index contributed by atoms with van der Waals surface area (Å²) in [5.74, 6) is 1.76. The van der Waals surface area contributed by atoms with Gasteiger partial charge in [-0.2, -0.15) is 4.31 Å². The number of imidazole rings is 1. The molecule has 2 amide bonds. The van der Waals surface area contributed by atoms with Crippen molar-refractivity contribution in [2.24, 2.45) is 0 Å². The molecule has 1 N–H and O–H groups in total. The zero-order valence-corrected chi connectivity index (χ0v) is 24.7. The summed E-state index contributed by atoms with van der Waals surface area (Å²) in [6.07, 6.45) is 2.81. The fourth-order valence-corrected chi connectivity index (χ4v) is 7.61. The summed E-state index contributed by atoms with van der Waals surface area (Å²) in [7, 11) is -3.57. The van der Waals surface area contributed by atoms with E-state index in [1.54, 1.807) is 27.4 Å². The van der Waals surface area contributed by atoms with Gasteiger partial charge in [-0.25, -0.2) is 23.2 Å². The first-order valence-electron chi connectivity index (χ1n) is 13.7. The Morgan fingerprint density at radius 2 is 1.83 bits per heavy atom. The van der Waals surface area contributed by atoms with E-state index >= 15 is 0 Å². The lowest BCUT2D eigenvalue weighted by molar-refractivity contribution is 0.249. The van der Waals surface area contributed by atoms with Crippen molar-refractivity contribution < 1.29 is 17.6 Å². The summed E-state index contributed by atoms with van der Waals surface area (Å²) in [4.78, 5) is 24.3. The number of aromatic nitrogens is 3. The minimum atomic E-state index is -3.57. The summed E-state index contributed by atoms with van der Waals surface area (Å²) >= 11 is 1.37. The van der Waals surface area contributed by atoms with E-state index in [9.17, 15) is 13.2 Å². The molecule has 0 saturated carbocycles. The number of hydrogen-bond acceptors (Lipinski definition) is 7. The van der Waals surface area contributed by atoms with Gasteiger partial charge in [0, 0.05) is 19.6 Å². The molecule has 0 spiro atoms. The molecule has 4 aromatic rings. The SMILES string of the molecule is C=C1NC(=O)N(Cc2ccc(C)cc2)c2nc(CSc3nc4cc(S(=O)(=O)N5CCCCC5)ccc4o3)n(CC)c21. The van der Waals surface area contributed by atoms with Crippen molar-refractivity contribution in [3.63, 3.8) is 0 Å². The van der Waals surface area contributed by atoms with Crippen molar-refractivity contribution in [2.45, 2.75) is 62.1 Å². The predicted octanol–water partition coefficient (Wildman–Crippen LogP) is 5.52. The number of benzene rings is 2. The summed E-state index contributed by atoms with van der Waals surface area (Å²) in [6, 6.07) is 12.6. The molecule has 0 bridgehead atoms. The molecule has 12 heteroatoms. The molecule has 6 rings (SSSR count). The molecular weight excluding hydrogens is 560 g/mol. The van der Waals surface area contributed by atoms with E-state index in [-0.39, 0.29) is 10.9 Å². The Labute approximate surface area is 243 Å². The number of urea groups is 1. The number of aryl methyl sites for hydroxylation is 1. The van der Waals surface area contributed by atoms with Crippen LogP contribution in [0.4, 0.5) is 10.6 Å². The molecular formula is C29H32N6O4S2. The van der Waals surface area contributed by atoms with Gasteiger partial charge in [-0.05, 0) is 50.5 Å². The van der Waals surface area contributed by atoms with Crippen LogP contribution >= 0.6 is 11.8 Å². The zero-order chi connectivity index (χ0) is 28.7. The van der Waals surface area contributed by atoms with Crippen LogP contribution in [0.3, 0.4) is 0 Å². The number of hydrogen-bond donors (Lipinski definition) is 1. The van der Waals surface area contributed by atoms with E-state index in [0.717, 1.165) is 41.9 Å². The zero-order valence-electron chi connectivity index (χ0n) is 23.1. The Morgan fingerprint density at radius 3 is 2.56 bits per heavy atom. The molecule has 10 nitrogen and oxygen atoms in total. The van der Waals surface area contributed by atoms with Gasteiger partial charge in [0.25, 0.3) is 5.22 Å². The second-order valence-electron chi connectivity index (χ2n) is 10.3. The molecule has 0 aliphatic carbocycles. The normalized spacial score (nSPS) is 16.3. The van der Waals surface area contributed by atoms with E-state index < -0.39 is 10.0 Å². The van der Waals surface area contributed by atoms with Gasteiger partial charge in [0.1, 0.15) is 17.0 Å². The average Bonchev–Trinajstić information content (AvgIpc) is 3.56. The average molecular weight is 593 g/mol. The van der Waals surface area contributed by atoms with Crippen LogP contribution in [0.1, 0.15) is 48.8 Å². The monoisotopic (exact) mass is 592 g/mol. The largest absolute Gasteiger partial charge is 0.431 e. The third-order valence-electron chi connectivity index (χ3n) is 7.47. The van der Waals surface area contributed by atoms with Crippen LogP contribution < -0.4 is 10.2 Å². The third-order valence-corrected chi connectivity index (χ3v) is 10.2. The summed E-state index contributed by atoms with van der Waals surface area (Å²) < 4.78 is 35.8. The second-order valence-corrected chi connectivity index (χ2v) is 13.2. The number of carbonyl (C=O) groups excluding carboxylic acids is 1. The Balaban J connectivity index is 1.24. The number of amides is 2. The number of anilines is 1. The van der Waals surface area contributed by atoms with Crippen LogP contribution in [0.2, 0.25) is 0 Å². The van der Waals surface area contributed by atoms with Crippen molar-refractivity contribution in [3.05, 3.63) is 71.7 Å².